The lowest BCUT2D eigenvalue weighted by Crippen LogP contribution is -2.32. The summed E-state index contributed by atoms with van der Waals surface area (Å²) in [6, 6.07) is 5.27. The van der Waals surface area contributed by atoms with Gasteiger partial charge in [-0.15, -0.1) is 10.2 Å². The number of hydrogen-bond donors (Lipinski definition) is 1. The quantitative estimate of drug-likeness (QED) is 0.495. The molecule has 0 amide bonds. The lowest BCUT2D eigenvalue weighted by Gasteiger charge is -2.10. The molecule has 0 radical (unpaired) electrons. The normalized spacial score (nSPS) is 10.5. The minimum Gasteiger partial charge on any atom is -0.497 e. The van der Waals surface area contributed by atoms with Crippen LogP contribution in [0.4, 0.5) is 4.79 Å². The van der Waals surface area contributed by atoms with Crippen LogP contribution in [0.2, 0.25) is 0 Å². The Labute approximate surface area is 142 Å². The van der Waals surface area contributed by atoms with Crippen LogP contribution in [0.5, 0.6) is 5.75 Å². The SMILES string of the molecule is CCCOC(=O)Sc1nnc(-c2cc(OC)ccc2C)c(=O)n1N. The third-order valence-electron chi connectivity index (χ3n) is 3.16. The third-order valence-corrected chi connectivity index (χ3v) is 3.91. The minimum atomic E-state index is -0.588. The largest absolute Gasteiger partial charge is 0.497 e. The molecule has 8 nitrogen and oxygen atoms in total. The van der Waals surface area contributed by atoms with Crippen LogP contribution >= 0.6 is 11.8 Å². The monoisotopic (exact) mass is 350 g/mol. The highest BCUT2D eigenvalue weighted by atomic mass is 32.2. The smallest absolute Gasteiger partial charge is 0.375 e. The van der Waals surface area contributed by atoms with E-state index in [0.29, 0.717) is 29.5 Å². The molecular weight excluding hydrogens is 332 g/mol. The number of methoxy groups -OCH3 is 1. The maximum atomic E-state index is 12.5. The van der Waals surface area contributed by atoms with Gasteiger partial charge >= 0.3 is 5.30 Å². The van der Waals surface area contributed by atoms with Gasteiger partial charge in [-0.1, -0.05) is 13.0 Å². The van der Waals surface area contributed by atoms with Crippen molar-refractivity contribution in [2.75, 3.05) is 19.6 Å². The number of nitrogens with two attached hydrogens (primary N) is 1. The summed E-state index contributed by atoms with van der Waals surface area (Å²) in [6.45, 7) is 4.00. The van der Waals surface area contributed by atoms with Gasteiger partial charge in [-0.05, 0) is 31.0 Å². The number of thioether (sulfide) groups is 1. The first-order valence-corrected chi connectivity index (χ1v) is 8.04. The molecule has 1 aromatic heterocycles. The number of carbonyl (C=O) groups is 1. The molecule has 0 bridgehead atoms. The predicted molar refractivity (Wildman–Crippen MR) is 90.7 cm³/mol. The first kappa shape index (κ1) is 17.8. The molecule has 2 N–H and O–H groups in total. The summed E-state index contributed by atoms with van der Waals surface area (Å²) in [5, 5.41) is 7.18. The molecule has 0 aliphatic carbocycles. The van der Waals surface area contributed by atoms with Crippen molar-refractivity contribution < 1.29 is 14.3 Å². The second-order valence-electron chi connectivity index (χ2n) is 4.89. The van der Waals surface area contributed by atoms with Gasteiger partial charge in [0.05, 0.1) is 13.7 Å². The van der Waals surface area contributed by atoms with Crippen LogP contribution in [0.1, 0.15) is 18.9 Å². The first-order chi connectivity index (χ1) is 11.5. The molecule has 1 aromatic carbocycles. The molecule has 2 aromatic rings. The van der Waals surface area contributed by atoms with Gasteiger partial charge < -0.3 is 15.3 Å². The van der Waals surface area contributed by atoms with E-state index in [1.165, 1.54) is 7.11 Å². The maximum absolute atomic E-state index is 12.5. The van der Waals surface area contributed by atoms with Crippen molar-refractivity contribution in [2.45, 2.75) is 25.4 Å². The highest BCUT2D eigenvalue weighted by molar-refractivity contribution is 8.13. The van der Waals surface area contributed by atoms with Gasteiger partial charge in [0, 0.05) is 17.3 Å². The van der Waals surface area contributed by atoms with E-state index in [4.69, 9.17) is 15.3 Å². The Kier molecular flexibility index (Phi) is 5.80. The fraction of sp³-hybridized carbons (Fsp3) is 0.333. The zero-order valence-electron chi connectivity index (χ0n) is 13.6. The minimum absolute atomic E-state index is 0.0367. The molecule has 0 spiro atoms. The van der Waals surface area contributed by atoms with Crippen molar-refractivity contribution in [2.24, 2.45) is 0 Å². The van der Waals surface area contributed by atoms with Gasteiger partial charge in [0.25, 0.3) is 5.56 Å². The van der Waals surface area contributed by atoms with E-state index in [0.717, 1.165) is 10.2 Å². The topological polar surface area (TPSA) is 109 Å². The Morgan fingerprint density at radius 2 is 2.12 bits per heavy atom. The number of benzene rings is 1. The molecule has 0 saturated heterocycles. The van der Waals surface area contributed by atoms with Crippen molar-refractivity contribution in [3.8, 4) is 17.0 Å². The van der Waals surface area contributed by atoms with E-state index in [-0.39, 0.29) is 17.5 Å². The van der Waals surface area contributed by atoms with Crippen molar-refractivity contribution in [3.05, 3.63) is 34.1 Å². The Morgan fingerprint density at radius 1 is 1.38 bits per heavy atom. The van der Waals surface area contributed by atoms with E-state index >= 15 is 0 Å². The number of nitrogen functional groups attached to an aromatic ring is 1. The van der Waals surface area contributed by atoms with E-state index in [9.17, 15) is 9.59 Å². The molecule has 0 fully saturated rings. The van der Waals surface area contributed by atoms with Gasteiger partial charge in [0.1, 0.15) is 5.75 Å². The van der Waals surface area contributed by atoms with Crippen LogP contribution in [0.25, 0.3) is 11.3 Å². The molecule has 128 valence electrons. The summed E-state index contributed by atoms with van der Waals surface area (Å²) in [6.07, 6.45) is 0.696. The highest BCUT2D eigenvalue weighted by Gasteiger charge is 2.17. The number of ether oxygens (including phenoxy) is 2. The van der Waals surface area contributed by atoms with Crippen LogP contribution in [-0.2, 0) is 4.74 Å². The molecule has 1 heterocycles. The van der Waals surface area contributed by atoms with Crippen molar-refractivity contribution in [1.82, 2.24) is 14.9 Å². The van der Waals surface area contributed by atoms with E-state index in [2.05, 4.69) is 10.2 Å². The number of aromatic nitrogens is 3. The van der Waals surface area contributed by atoms with Crippen molar-refractivity contribution in [1.29, 1.82) is 0 Å². The predicted octanol–water partition coefficient (Wildman–Crippen LogP) is 1.97. The highest BCUT2D eigenvalue weighted by Crippen LogP contribution is 2.24. The summed E-state index contributed by atoms with van der Waals surface area (Å²) in [5.41, 5.74) is 0.911. The van der Waals surface area contributed by atoms with Crippen LogP contribution < -0.4 is 16.1 Å². The van der Waals surface area contributed by atoms with Gasteiger partial charge in [0.15, 0.2) is 5.69 Å². The van der Waals surface area contributed by atoms with Gasteiger partial charge in [-0.3, -0.25) is 4.79 Å². The van der Waals surface area contributed by atoms with Crippen molar-refractivity contribution >= 4 is 17.1 Å². The zero-order valence-corrected chi connectivity index (χ0v) is 14.4. The van der Waals surface area contributed by atoms with Gasteiger partial charge in [0.2, 0.25) is 5.16 Å². The first-order valence-electron chi connectivity index (χ1n) is 7.22. The Morgan fingerprint density at radius 3 is 2.79 bits per heavy atom. The molecule has 2 rings (SSSR count). The lowest BCUT2D eigenvalue weighted by molar-refractivity contribution is 0.175. The Hall–Kier alpha value is -2.55. The molecule has 0 unspecified atom stereocenters. The summed E-state index contributed by atoms with van der Waals surface area (Å²) in [4.78, 5) is 24.1. The van der Waals surface area contributed by atoms with Crippen LogP contribution in [0.3, 0.4) is 0 Å². The standard InChI is InChI=1S/C15H18N4O4S/c1-4-7-23-15(21)24-14-18-17-12(13(20)19(14)16)11-8-10(22-3)6-5-9(11)2/h5-6,8H,4,7,16H2,1-3H3. The number of nitrogens with zero attached hydrogens (tertiary/aromatic N) is 3. The molecule has 24 heavy (non-hydrogen) atoms. The fourth-order valence-corrected chi connectivity index (χ4v) is 2.45. The maximum Gasteiger partial charge on any atom is 0.375 e. The van der Waals surface area contributed by atoms with E-state index in [1.807, 2.05) is 13.8 Å². The molecule has 0 saturated carbocycles. The molecular formula is C15H18N4O4S. The fourth-order valence-electron chi connectivity index (χ4n) is 1.90. The summed E-state index contributed by atoms with van der Waals surface area (Å²) in [7, 11) is 1.53. The van der Waals surface area contributed by atoms with Crippen LogP contribution in [-0.4, -0.2) is 33.9 Å². The summed E-state index contributed by atoms with van der Waals surface area (Å²) in [5.74, 6) is 6.35. The summed E-state index contributed by atoms with van der Waals surface area (Å²) >= 11 is 0.619. The Balaban J connectivity index is 2.37. The van der Waals surface area contributed by atoms with Gasteiger partial charge in [-0.25, -0.2) is 4.79 Å². The third kappa shape index (κ3) is 3.85. The number of rotatable bonds is 5. The summed E-state index contributed by atoms with van der Waals surface area (Å²) < 4.78 is 10.9. The second kappa shape index (κ2) is 7.82. The van der Waals surface area contributed by atoms with Gasteiger partial charge in [-0.2, -0.15) is 4.68 Å². The van der Waals surface area contributed by atoms with Crippen LogP contribution in [0.15, 0.2) is 28.2 Å². The molecule has 0 aliphatic rings. The molecule has 9 heteroatoms. The van der Waals surface area contributed by atoms with E-state index in [1.54, 1.807) is 18.2 Å². The van der Waals surface area contributed by atoms with Crippen molar-refractivity contribution in [3.63, 3.8) is 0 Å². The lowest BCUT2D eigenvalue weighted by atomic mass is 10.1. The zero-order chi connectivity index (χ0) is 17.7. The number of aryl methyl sites for hydroxylation is 1. The molecule has 0 aliphatic heterocycles. The van der Waals surface area contributed by atoms with Crippen LogP contribution in [0, 0.1) is 6.92 Å². The second-order valence-corrected chi connectivity index (χ2v) is 5.79. The number of hydrogen-bond acceptors (Lipinski definition) is 8. The van der Waals surface area contributed by atoms with E-state index < -0.39 is 10.9 Å². The average Bonchev–Trinajstić information content (AvgIpc) is 2.58. The number of carbonyl (C=O) groups excluding carboxylic acids is 1. The average molecular weight is 350 g/mol. The molecule has 0 atom stereocenters. The Bertz CT molecular complexity index is 807.